The molecule has 0 bridgehead atoms. The molecule has 148 valence electrons. The molecule has 7 nitrogen and oxygen atoms in total. The standard InChI is InChI=1S/C20H23N3O4S/c1-15(24)21-17-8-5-9-18(13-17)22-20(25)16-7-6-12-23(14-16)28(26,27)19-10-3-2-4-11-19/h2-5,8-11,13,16H,6-7,12,14H2,1H3,(H,21,24)(H,22,25)/t16-/m1/s1. The molecule has 1 fully saturated rings. The van der Waals surface area contributed by atoms with Gasteiger partial charge in [-0.25, -0.2) is 8.42 Å². The summed E-state index contributed by atoms with van der Waals surface area (Å²) in [7, 11) is -3.62. The van der Waals surface area contributed by atoms with Crippen molar-refractivity contribution in [2.45, 2.75) is 24.7 Å². The van der Waals surface area contributed by atoms with Crippen LogP contribution in [0.2, 0.25) is 0 Å². The highest BCUT2D eigenvalue weighted by molar-refractivity contribution is 7.89. The SMILES string of the molecule is CC(=O)Nc1cccc(NC(=O)[C@@H]2CCCN(S(=O)(=O)c3ccccc3)C2)c1. The minimum atomic E-state index is -3.62. The fraction of sp³-hybridized carbons (Fsp3) is 0.300. The summed E-state index contributed by atoms with van der Waals surface area (Å²) in [5.41, 5.74) is 1.14. The van der Waals surface area contributed by atoms with Crippen molar-refractivity contribution in [3.63, 3.8) is 0 Å². The van der Waals surface area contributed by atoms with E-state index in [9.17, 15) is 18.0 Å². The van der Waals surface area contributed by atoms with Crippen molar-refractivity contribution in [2.24, 2.45) is 5.92 Å². The highest BCUT2D eigenvalue weighted by atomic mass is 32.2. The highest BCUT2D eigenvalue weighted by Crippen LogP contribution is 2.25. The first-order valence-electron chi connectivity index (χ1n) is 9.10. The van der Waals surface area contributed by atoms with Gasteiger partial charge in [0, 0.05) is 31.4 Å². The molecule has 0 aliphatic carbocycles. The van der Waals surface area contributed by atoms with Crippen molar-refractivity contribution in [2.75, 3.05) is 23.7 Å². The van der Waals surface area contributed by atoms with E-state index in [0.29, 0.717) is 30.8 Å². The van der Waals surface area contributed by atoms with Gasteiger partial charge >= 0.3 is 0 Å². The van der Waals surface area contributed by atoms with E-state index < -0.39 is 15.9 Å². The highest BCUT2D eigenvalue weighted by Gasteiger charge is 2.33. The molecule has 1 saturated heterocycles. The summed E-state index contributed by atoms with van der Waals surface area (Å²) in [5, 5.41) is 5.49. The minimum Gasteiger partial charge on any atom is -0.326 e. The van der Waals surface area contributed by atoms with Crippen LogP contribution in [0.15, 0.2) is 59.5 Å². The molecular weight excluding hydrogens is 378 g/mol. The van der Waals surface area contributed by atoms with Crippen LogP contribution in [0.3, 0.4) is 0 Å². The number of carbonyl (C=O) groups is 2. The number of nitrogens with one attached hydrogen (secondary N) is 2. The lowest BCUT2D eigenvalue weighted by Gasteiger charge is -2.31. The van der Waals surface area contributed by atoms with Crippen LogP contribution in [-0.4, -0.2) is 37.6 Å². The Kier molecular flexibility index (Phi) is 6.11. The average molecular weight is 401 g/mol. The lowest BCUT2D eigenvalue weighted by Crippen LogP contribution is -2.43. The van der Waals surface area contributed by atoms with Crippen LogP contribution in [0, 0.1) is 5.92 Å². The molecule has 0 spiro atoms. The van der Waals surface area contributed by atoms with Crippen molar-refractivity contribution in [3.8, 4) is 0 Å². The van der Waals surface area contributed by atoms with E-state index in [1.54, 1.807) is 54.6 Å². The summed E-state index contributed by atoms with van der Waals surface area (Å²) in [6.45, 7) is 1.96. The fourth-order valence-corrected chi connectivity index (χ4v) is 4.78. The molecule has 0 aromatic heterocycles. The van der Waals surface area contributed by atoms with Gasteiger partial charge in [-0.2, -0.15) is 4.31 Å². The van der Waals surface area contributed by atoms with Gasteiger partial charge < -0.3 is 10.6 Å². The Labute approximate surface area is 164 Å². The van der Waals surface area contributed by atoms with Gasteiger partial charge in [0.25, 0.3) is 0 Å². The number of anilines is 2. The Bertz CT molecular complexity index is 960. The zero-order valence-electron chi connectivity index (χ0n) is 15.6. The number of amides is 2. The van der Waals surface area contributed by atoms with Gasteiger partial charge in [0.05, 0.1) is 10.8 Å². The maximum Gasteiger partial charge on any atom is 0.243 e. The predicted molar refractivity (Wildman–Crippen MR) is 107 cm³/mol. The normalized spacial score (nSPS) is 17.7. The molecule has 28 heavy (non-hydrogen) atoms. The van der Waals surface area contributed by atoms with Gasteiger partial charge in [0.15, 0.2) is 0 Å². The van der Waals surface area contributed by atoms with E-state index in [-0.39, 0.29) is 23.3 Å². The molecule has 2 N–H and O–H groups in total. The monoisotopic (exact) mass is 401 g/mol. The molecular formula is C20H23N3O4S. The minimum absolute atomic E-state index is 0.147. The number of hydrogen-bond donors (Lipinski definition) is 2. The van der Waals surface area contributed by atoms with Crippen molar-refractivity contribution < 1.29 is 18.0 Å². The molecule has 2 aromatic carbocycles. The molecule has 1 aliphatic rings. The van der Waals surface area contributed by atoms with Crippen molar-refractivity contribution >= 4 is 33.2 Å². The van der Waals surface area contributed by atoms with Crippen molar-refractivity contribution in [3.05, 3.63) is 54.6 Å². The van der Waals surface area contributed by atoms with Crippen molar-refractivity contribution in [1.29, 1.82) is 0 Å². The van der Waals surface area contributed by atoms with Gasteiger partial charge in [-0.3, -0.25) is 9.59 Å². The second-order valence-electron chi connectivity index (χ2n) is 6.77. The van der Waals surface area contributed by atoms with E-state index in [1.165, 1.54) is 11.2 Å². The summed E-state index contributed by atoms with van der Waals surface area (Å²) in [5.74, 6) is -0.859. The molecule has 0 unspecified atom stereocenters. The van der Waals surface area contributed by atoms with Crippen LogP contribution in [0.1, 0.15) is 19.8 Å². The number of nitrogens with zero attached hydrogens (tertiary/aromatic N) is 1. The smallest absolute Gasteiger partial charge is 0.243 e. The average Bonchev–Trinajstić information content (AvgIpc) is 2.68. The molecule has 0 saturated carbocycles. The number of carbonyl (C=O) groups excluding carboxylic acids is 2. The van der Waals surface area contributed by atoms with Crippen LogP contribution in [0.5, 0.6) is 0 Å². The largest absolute Gasteiger partial charge is 0.326 e. The zero-order chi connectivity index (χ0) is 20.1. The summed E-state index contributed by atoms with van der Waals surface area (Å²) in [6, 6.07) is 15.1. The quantitative estimate of drug-likeness (QED) is 0.805. The number of rotatable bonds is 5. The number of piperidine rings is 1. The summed E-state index contributed by atoms with van der Waals surface area (Å²) in [6.07, 6.45) is 1.24. The second kappa shape index (κ2) is 8.53. The van der Waals surface area contributed by atoms with Gasteiger partial charge in [-0.05, 0) is 43.2 Å². The molecule has 1 heterocycles. The third-order valence-electron chi connectivity index (χ3n) is 4.59. The topological polar surface area (TPSA) is 95.6 Å². The molecule has 8 heteroatoms. The van der Waals surface area contributed by atoms with Crippen LogP contribution < -0.4 is 10.6 Å². The van der Waals surface area contributed by atoms with E-state index in [2.05, 4.69) is 10.6 Å². The maximum atomic E-state index is 12.8. The lowest BCUT2D eigenvalue weighted by atomic mass is 9.98. The van der Waals surface area contributed by atoms with Crippen LogP contribution in [-0.2, 0) is 19.6 Å². The molecule has 1 atom stereocenters. The third-order valence-corrected chi connectivity index (χ3v) is 6.47. The van der Waals surface area contributed by atoms with Crippen LogP contribution in [0.25, 0.3) is 0 Å². The summed E-state index contributed by atoms with van der Waals surface area (Å²) < 4.78 is 27.0. The molecule has 3 rings (SSSR count). The second-order valence-corrected chi connectivity index (χ2v) is 8.70. The van der Waals surface area contributed by atoms with Crippen LogP contribution in [0.4, 0.5) is 11.4 Å². The Hall–Kier alpha value is -2.71. The Morgan fingerprint density at radius 3 is 2.36 bits per heavy atom. The van der Waals surface area contributed by atoms with Crippen molar-refractivity contribution in [1.82, 2.24) is 4.31 Å². The Balaban J connectivity index is 1.69. The Morgan fingerprint density at radius 2 is 1.68 bits per heavy atom. The lowest BCUT2D eigenvalue weighted by molar-refractivity contribution is -0.121. The van der Waals surface area contributed by atoms with E-state index >= 15 is 0 Å². The van der Waals surface area contributed by atoms with Crippen LogP contribution >= 0.6 is 0 Å². The first-order valence-corrected chi connectivity index (χ1v) is 10.5. The molecule has 0 radical (unpaired) electrons. The molecule has 2 amide bonds. The first kappa shape index (κ1) is 20.0. The predicted octanol–water partition coefficient (Wildman–Crippen LogP) is 2.68. The summed E-state index contributed by atoms with van der Waals surface area (Å²) in [4.78, 5) is 24.1. The molecule has 1 aliphatic heterocycles. The molecule has 2 aromatic rings. The first-order chi connectivity index (χ1) is 13.4. The zero-order valence-corrected chi connectivity index (χ0v) is 16.4. The number of sulfonamides is 1. The van der Waals surface area contributed by atoms with Gasteiger partial charge in [0.2, 0.25) is 21.8 Å². The number of hydrogen-bond acceptors (Lipinski definition) is 4. The number of benzene rings is 2. The third kappa shape index (κ3) is 4.76. The summed E-state index contributed by atoms with van der Waals surface area (Å²) >= 11 is 0. The Morgan fingerprint density at radius 1 is 1.00 bits per heavy atom. The maximum absolute atomic E-state index is 12.8. The van der Waals surface area contributed by atoms with Gasteiger partial charge in [-0.1, -0.05) is 24.3 Å². The van der Waals surface area contributed by atoms with E-state index in [4.69, 9.17) is 0 Å². The fourth-order valence-electron chi connectivity index (χ4n) is 3.24. The van der Waals surface area contributed by atoms with Gasteiger partial charge in [-0.15, -0.1) is 0 Å². The van der Waals surface area contributed by atoms with E-state index in [0.717, 1.165) is 0 Å². The van der Waals surface area contributed by atoms with E-state index in [1.807, 2.05) is 0 Å². The van der Waals surface area contributed by atoms with Gasteiger partial charge in [0.1, 0.15) is 0 Å².